The minimum Gasteiger partial charge on any atom is -0.0620 e. The standard InChI is InChI=1S/C26H21S/c1-3-11-24(12-4-1)27(25-13-5-2-6-14-25)26-16-15-22-17-20-9-7-8-10-21(20)18-23(22)19-26/h1-16,19H,17-18H2/q+1. The fraction of sp³-hybridized carbons (Fsp3) is 0.0769. The van der Waals surface area contributed by atoms with E-state index in [4.69, 9.17) is 0 Å². The molecule has 0 heterocycles. The predicted molar refractivity (Wildman–Crippen MR) is 114 cm³/mol. The van der Waals surface area contributed by atoms with Crippen molar-refractivity contribution in [2.75, 3.05) is 0 Å². The highest BCUT2D eigenvalue weighted by Gasteiger charge is 2.29. The van der Waals surface area contributed by atoms with Gasteiger partial charge in [0.25, 0.3) is 0 Å². The van der Waals surface area contributed by atoms with Gasteiger partial charge in [-0.05, 0) is 71.5 Å². The molecule has 0 fully saturated rings. The van der Waals surface area contributed by atoms with Crippen LogP contribution < -0.4 is 0 Å². The molecule has 0 saturated carbocycles. The Labute approximate surface area is 163 Å². The fourth-order valence-electron chi connectivity index (χ4n) is 3.90. The molecule has 0 atom stereocenters. The molecule has 4 aromatic carbocycles. The van der Waals surface area contributed by atoms with Crippen LogP contribution in [-0.2, 0) is 23.7 Å². The van der Waals surface area contributed by atoms with Crippen LogP contribution in [0, 0.1) is 0 Å². The highest BCUT2D eigenvalue weighted by molar-refractivity contribution is 7.97. The van der Waals surface area contributed by atoms with E-state index in [1.165, 1.54) is 36.9 Å². The SMILES string of the molecule is c1ccc([S+](c2ccccc2)c2ccc3c(c2)Cc2ccccc2C3)cc1. The third-order valence-electron chi connectivity index (χ3n) is 5.25. The van der Waals surface area contributed by atoms with E-state index in [1.54, 1.807) is 0 Å². The molecular weight excluding hydrogens is 344 g/mol. The van der Waals surface area contributed by atoms with Crippen LogP contribution in [0.25, 0.3) is 0 Å². The summed E-state index contributed by atoms with van der Waals surface area (Å²) in [5.74, 6) is 0. The summed E-state index contributed by atoms with van der Waals surface area (Å²) in [6, 6.07) is 37.8. The normalized spacial score (nSPS) is 12.5. The molecule has 0 nitrogen and oxygen atoms in total. The summed E-state index contributed by atoms with van der Waals surface area (Å²) in [7, 11) is -0.0705. The summed E-state index contributed by atoms with van der Waals surface area (Å²) in [5, 5.41) is 0. The van der Waals surface area contributed by atoms with Gasteiger partial charge in [-0.1, -0.05) is 66.7 Å². The van der Waals surface area contributed by atoms with E-state index < -0.39 is 0 Å². The molecule has 5 rings (SSSR count). The van der Waals surface area contributed by atoms with Gasteiger partial charge in [-0.2, -0.15) is 0 Å². The third-order valence-corrected chi connectivity index (χ3v) is 7.46. The van der Waals surface area contributed by atoms with Crippen molar-refractivity contribution in [3.8, 4) is 0 Å². The van der Waals surface area contributed by atoms with Crippen molar-refractivity contribution in [3.05, 3.63) is 125 Å². The second kappa shape index (κ2) is 7.09. The van der Waals surface area contributed by atoms with Gasteiger partial charge in [0.15, 0.2) is 14.7 Å². The minimum atomic E-state index is -0.0705. The molecule has 0 radical (unpaired) electrons. The van der Waals surface area contributed by atoms with E-state index in [2.05, 4.69) is 103 Å². The van der Waals surface area contributed by atoms with Crippen molar-refractivity contribution in [2.45, 2.75) is 27.5 Å². The molecule has 0 bridgehead atoms. The van der Waals surface area contributed by atoms with Crippen molar-refractivity contribution in [3.63, 3.8) is 0 Å². The molecule has 0 aliphatic heterocycles. The highest BCUT2D eigenvalue weighted by Crippen LogP contribution is 2.34. The lowest BCUT2D eigenvalue weighted by Gasteiger charge is -2.20. The number of hydrogen-bond donors (Lipinski definition) is 0. The second-order valence-electron chi connectivity index (χ2n) is 6.99. The maximum atomic E-state index is 2.45. The largest absolute Gasteiger partial charge is 0.166 e. The number of hydrogen-bond acceptors (Lipinski definition) is 0. The van der Waals surface area contributed by atoms with Crippen LogP contribution in [0.15, 0.2) is 118 Å². The summed E-state index contributed by atoms with van der Waals surface area (Å²) in [6.45, 7) is 0. The molecule has 0 amide bonds. The minimum absolute atomic E-state index is 0.0705. The van der Waals surface area contributed by atoms with Crippen LogP contribution in [0.3, 0.4) is 0 Å². The van der Waals surface area contributed by atoms with Gasteiger partial charge in [0.05, 0.1) is 10.9 Å². The summed E-state index contributed by atoms with van der Waals surface area (Å²) in [5.41, 5.74) is 5.90. The quantitative estimate of drug-likeness (QED) is 0.330. The predicted octanol–water partition coefficient (Wildman–Crippen LogP) is 6.28. The van der Waals surface area contributed by atoms with Gasteiger partial charge >= 0.3 is 0 Å². The Morgan fingerprint density at radius 1 is 0.407 bits per heavy atom. The average Bonchev–Trinajstić information content (AvgIpc) is 2.74. The van der Waals surface area contributed by atoms with Crippen molar-refractivity contribution in [1.82, 2.24) is 0 Å². The van der Waals surface area contributed by atoms with Crippen molar-refractivity contribution < 1.29 is 0 Å². The van der Waals surface area contributed by atoms with Gasteiger partial charge in [-0.15, -0.1) is 0 Å². The smallest absolute Gasteiger partial charge is 0.0620 e. The topological polar surface area (TPSA) is 0 Å². The van der Waals surface area contributed by atoms with E-state index in [1.807, 2.05) is 0 Å². The first-order valence-corrected chi connectivity index (χ1v) is 10.6. The number of fused-ring (bicyclic) bond motifs is 2. The van der Waals surface area contributed by atoms with Crippen LogP contribution in [0.1, 0.15) is 22.3 Å². The first-order valence-electron chi connectivity index (χ1n) is 9.41. The molecule has 27 heavy (non-hydrogen) atoms. The highest BCUT2D eigenvalue weighted by atomic mass is 32.2. The first kappa shape index (κ1) is 16.4. The van der Waals surface area contributed by atoms with Gasteiger partial charge in [0.2, 0.25) is 0 Å². The first-order chi connectivity index (χ1) is 13.4. The Morgan fingerprint density at radius 2 is 0.889 bits per heavy atom. The monoisotopic (exact) mass is 365 g/mol. The molecule has 1 aliphatic rings. The molecule has 0 unspecified atom stereocenters. The molecule has 0 N–H and O–H groups in total. The zero-order valence-corrected chi connectivity index (χ0v) is 16.0. The summed E-state index contributed by atoms with van der Waals surface area (Å²) >= 11 is 0. The molecule has 0 aromatic heterocycles. The molecule has 130 valence electrons. The van der Waals surface area contributed by atoms with Crippen LogP contribution in [0.4, 0.5) is 0 Å². The van der Waals surface area contributed by atoms with Gasteiger partial charge in [-0.3, -0.25) is 0 Å². The zero-order valence-electron chi connectivity index (χ0n) is 15.1. The van der Waals surface area contributed by atoms with Gasteiger partial charge < -0.3 is 0 Å². The average molecular weight is 366 g/mol. The Hall–Kier alpha value is -2.77. The van der Waals surface area contributed by atoms with Gasteiger partial charge in [0.1, 0.15) is 0 Å². The van der Waals surface area contributed by atoms with Crippen molar-refractivity contribution in [2.24, 2.45) is 0 Å². The summed E-state index contributed by atoms with van der Waals surface area (Å²) in [6.07, 6.45) is 2.09. The Morgan fingerprint density at radius 3 is 1.48 bits per heavy atom. The third kappa shape index (κ3) is 3.20. The van der Waals surface area contributed by atoms with Crippen molar-refractivity contribution in [1.29, 1.82) is 0 Å². The Kier molecular flexibility index (Phi) is 4.31. The maximum Gasteiger partial charge on any atom is 0.166 e. The summed E-state index contributed by atoms with van der Waals surface area (Å²) < 4.78 is 0. The summed E-state index contributed by atoms with van der Waals surface area (Å²) in [4.78, 5) is 4.16. The number of benzene rings is 4. The van der Waals surface area contributed by atoms with Crippen molar-refractivity contribution >= 4 is 10.9 Å². The van der Waals surface area contributed by atoms with Gasteiger partial charge in [0, 0.05) is 0 Å². The van der Waals surface area contributed by atoms with E-state index >= 15 is 0 Å². The van der Waals surface area contributed by atoms with Crippen LogP contribution >= 0.6 is 0 Å². The fourth-order valence-corrected chi connectivity index (χ4v) is 6.04. The Balaban J connectivity index is 1.60. The molecule has 1 heteroatoms. The Bertz CT molecular complexity index is 1030. The molecule has 4 aromatic rings. The van der Waals surface area contributed by atoms with Crippen LogP contribution in [0.5, 0.6) is 0 Å². The zero-order chi connectivity index (χ0) is 18.1. The molecule has 0 spiro atoms. The molecular formula is C26H21S+. The molecule has 1 aliphatic carbocycles. The second-order valence-corrected chi connectivity index (χ2v) is 9.01. The lowest BCUT2D eigenvalue weighted by atomic mass is 9.86. The van der Waals surface area contributed by atoms with E-state index in [-0.39, 0.29) is 10.9 Å². The van der Waals surface area contributed by atoms with E-state index in [0.717, 1.165) is 12.8 Å². The van der Waals surface area contributed by atoms with E-state index in [0.29, 0.717) is 0 Å². The number of rotatable bonds is 3. The van der Waals surface area contributed by atoms with E-state index in [9.17, 15) is 0 Å². The van der Waals surface area contributed by atoms with Gasteiger partial charge in [-0.25, -0.2) is 0 Å². The molecule has 0 saturated heterocycles. The lowest BCUT2D eigenvalue weighted by Crippen LogP contribution is -2.10. The lowest BCUT2D eigenvalue weighted by molar-refractivity contribution is 0.990. The van der Waals surface area contributed by atoms with Crippen LogP contribution in [-0.4, -0.2) is 0 Å². The van der Waals surface area contributed by atoms with Crippen LogP contribution in [0.2, 0.25) is 0 Å². The maximum absolute atomic E-state index is 2.45.